The third kappa shape index (κ3) is 3.25. The highest BCUT2D eigenvalue weighted by Crippen LogP contribution is 2.39. The lowest BCUT2D eigenvalue weighted by molar-refractivity contribution is -0.138. The second-order valence-corrected chi connectivity index (χ2v) is 6.82. The highest BCUT2D eigenvalue weighted by atomic mass is 16.3. The summed E-state index contributed by atoms with van der Waals surface area (Å²) in [6.45, 7) is 3.43. The van der Waals surface area contributed by atoms with Crippen LogP contribution in [0.5, 0.6) is 0 Å². The first-order valence-electron chi connectivity index (χ1n) is 8.33. The van der Waals surface area contributed by atoms with E-state index in [4.69, 9.17) is 0 Å². The Balaban J connectivity index is 1.62. The van der Waals surface area contributed by atoms with Crippen LogP contribution in [0, 0.1) is 12.8 Å². The van der Waals surface area contributed by atoms with Gasteiger partial charge < -0.3 is 10.0 Å². The van der Waals surface area contributed by atoms with Gasteiger partial charge in [-0.3, -0.25) is 4.79 Å². The van der Waals surface area contributed by atoms with Crippen molar-refractivity contribution in [1.29, 1.82) is 0 Å². The van der Waals surface area contributed by atoms with Gasteiger partial charge in [-0.1, -0.05) is 42.7 Å². The summed E-state index contributed by atoms with van der Waals surface area (Å²) < 4.78 is 0. The zero-order valence-electron chi connectivity index (χ0n) is 13.3. The molecule has 1 saturated carbocycles. The lowest BCUT2D eigenvalue weighted by atomic mass is 9.71. The summed E-state index contributed by atoms with van der Waals surface area (Å²) in [5, 5.41) is 10.7. The van der Waals surface area contributed by atoms with E-state index in [9.17, 15) is 9.90 Å². The molecule has 0 radical (unpaired) electrons. The number of rotatable bonds is 2. The van der Waals surface area contributed by atoms with Gasteiger partial charge in [-0.15, -0.1) is 0 Å². The molecule has 1 aromatic carbocycles. The Morgan fingerprint density at radius 2 is 2.05 bits per heavy atom. The van der Waals surface area contributed by atoms with Crippen LogP contribution in [-0.4, -0.2) is 34.6 Å². The van der Waals surface area contributed by atoms with Gasteiger partial charge in [0.1, 0.15) is 0 Å². The maximum atomic E-state index is 12.4. The third-order valence-electron chi connectivity index (χ3n) is 5.24. The lowest BCUT2D eigenvalue weighted by Gasteiger charge is -2.47. The van der Waals surface area contributed by atoms with Crippen LogP contribution < -0.4 is 0 Å². The minimum absolute atomic E-state index is 0.0631. The fraction of sp³-hybridized carbons (Fsp3) is 0.526. The number of benzene rings is 1. The Morgan fingerprint density at radius 1 is 1.27 bits per heavy atom. The van der Waals surface area contributed by atoms with Gasteiger partial charge in [0.05, 0.1) is 5.60 Å². The lowest BCUT2D eigenvalue weighted by Crippen LogP contribution is -2.54. The average Bonchev–Trinajstić information content (AvgIpc) is 2.53. The molecule has 1 aliphatic heterocycles. The summed E-state index contributed by atoms with van der Waals surface area (Å²) in [6.07, 6.45) is 8.51. The fourth-order valence-electron chi connectivity index (χ4n) is 3.72. The van der Waals surface area contributed by atoms with Gasteiger partial charge in [-0.2, -0.15) is 0 Å². The van der Waals surface area contributed by atoms with Crippen LogP contribution >= 0.6 is 0 Å². The van der Waals surface area contributed by atoms with Crippen molar-refractivity contribution < 1.29 is 9.90 Å². The molecule has 1 aromatic rings. The Labute approximate surface area is 132 Å². The molecule has 1 amide bonds. The molecule has 22 heavy (non-hydrogen) atoms. The van der Waals surface area contributed by atoms with Gasteiger partial charge in [0.15, 0.2) is 0 Å². The quantitative estimate of drug-likeness (QED) is 0.852. The van der Waals surface area contributed by atoms with E-state index < -0.39 is 5.60 Å². The predicted octanol–water partition coefficient (Wildman–Crippen LogP) is 3.16. The van der Waals surface area contributed by atoms with Crippen molar-refractivity contribution in [2.45, 2.75) is 44.6 Å². The summed E-state index contributed by atoms with van der Waals surface area (Å²) >= 11 is 0. The first-order valence-corrected chi connectivity index (χ1v) is 8.33. The predicted molar refractivity (Wildman–Crippen MR) is 88.3 cm³/mol. The van der Waals surface area contributed by atoms with Gasteiger partial charge in [-0.25, -0.2) is 0 Å². The first-order chi connectivity index (χ1) is 10.6. The van der Waals surface area contributed by atoms with Crippen LogP contribution in [0.1, 0.15) is 43.2 Å². The number of fused-ring (bicyclic) bond motifs is 1. The van der Waals surface area contributed by atoms with Crippen molar-refractivity contribution in [3.05, 3.63) is 41.5 Å². The van der Waals surface area contributed by atoms with Crippen molar-refractivity contribution in [2.24, 2.45) is 5.92 Å². The van der Waals surface area contributed by atoms with E-state index in [0.717, 1.165) is 31.2 Å². The van der Waals surface area contributed by atoms with Gasteiger partial charge in [0, 0.05) is 25.1 Å². The molecule has 1 saturated heterocycles. The normalized spacial score (nSPS) is 28.6. The Kier molecular flexibility index (Phi) is 4.34. The average molecular weight is 299 g/mol. The monoisotopic (exact) mass is 299 g/mol. The molecule has 1 aliphatic carbocycles. The topological polar surface area (TPSA) is 40.5 Å². The van der Waals surface area contributed by atoms with E-state index in [2.05, 4.69) is 6.92 Å². The van der Waals surface area contributed by atoms with Gasteiger partial charge >= 0.3 is 0 Å². The second-order valence-electron chi connectivity index (χ2n) is 6.82. The van der Waals surface area contributed by atoms with Crippen LogP contribution in [0.25, 0.3) is 6.08 Å². The molecule has 0 aromatic heterocycles. The van der Waals surface area contributed by atoms with Crippen molar-refractivity contribution in [3.63, 3.8) is 0 Å². The number of hydrogen-bond acceptors (Lipinski definition) is 2. The molecule has 0 spiro atoms. The van der Waals surface area contributed by atoms with E-state index in [0.29, 0.717) is 13.1 Å². The number of carbonyl (C=O) groups is 1. The van der Waals surface area contributed by atoms with Crippen molar-refractivity contribution in [3.8, 4) is 0 Å². The number of carbonyl (C=O) groups excluding carboxylic acids is 1. The van der Waals surface area contributed by atoms with Gasteiger partial charge in [-0.05, 0) is 37.8 Å². The van der Waals surface area contributed by atoms with Crippen molar-refractivity contribution >= 4 is 12.0 Å². The fourth-order valence-corrected chi connectivity index (χ4v) is 3.72. The zero-order valence-corrected chi connectivity index (χ0v) is 13.3. The van der Waals surface area contributed by atoms with Crippen LogP contribution in [-0.2, 0) is 4.79 Å². The number of amides is 1. The van der Waals surface area contributed by atoms with Crippen LogP contribution in [0.4, 0.5) is 0 Å². The van der Waals surface area contributed by atoms with E-state index in [1.807, 2.05) is 35.2 Å². The second kappa shape index (κ2) is 6.25. The molecule has 1 N–H and O–H groups in total. The first kappa shape index (κ1) is 15.3. The third-order valence-corrected chi connectivity index (χ3v) is 5.24. The van der Waals surface area contributed by atoms with Crippen LogP contribution in [0.2, 0.25) is 0 Å². The summed E-state index contributed by atoms with van der Waals surface area (Å²) in [4.78, 5) is 14.3. The van der Waals surface area contributed by atoms with Crippen molar-refractivity contribution in [1.82, 2.24) is 4.90 Å². The van der Waals surface area contributed by atoms with Crippen molar-refractivity contribution in [2.75, 3.05) is 13.1 Å². The number of hydrogen-bond donors (Lipinski definition) is 1. The van der Waals surface area contributed by atoms with Gasteiger partial charge in [0.25, 0.3) is 0 Å². The highest BCUT2D eigenvalue weighted by molar-refractivity contribution is 5.91. The molecule has 0 unspecified atom stereocenters. The zero-order chi connectivity index (χ0) is 15.6. The smallest absolute Gasteiger partial charge is 0.246 e. The Hall–Kier alpha value is -1.61. The standard InChI is InChI=1S/C19H25NO2/c1-15-5-7-16(8-6-15)9-10-18(21)20-13-12-19(22)11-3-2-4-17(19)14-20/h5-10,17,22H,2-4,11-14H2,1H3/b10-9+/t17-,19+/m1/s1. The van der Waals surface area contributed by atoms with Gasteiger partial charge in [0.2, 0.25) is 5.91 Å². The minimum Gasteiger partial charge on any atom is -0.389 e. The molecule has 118 valence electrons. The number of likely N-dealkylation sites (tertiary alicyclic amines) is 1. The molecule has 1 heterocycles. The molecule has 2 aliphatic rings. The molecular weight excluding hydrogens is 274 g/mol. The summed E-state index contributed by atoms with van der Waals surface area (Å²) in [5.41, 5.74) is 1.75. The molecule has 3 nitrogen and oxygen atoms in total. The van der Waals surface area contributed by atoms with E-state index in [1.165, 1.54) is 12.0 Å². The van der Waals surface area contributed by atoms with E-state index in [1.54, 1.807) is 6.08 Å². The molecule has 0 bridgehead atoms. The molecule has 3 heteroatoms. The molecular formula is C19H25NO2. The summed E-state index contributed by atoms with van der Waals surface area (Å²) in [7, 11) is 0. The highest BCUT2D eigenvalue weighted by Gasteiger charge is 2.43. The Bertz CT molecular complexity index is 563. The Morgan fingerprint density at radius 3 is 2.82 bits per heavy atom. The number of aryl methyl sites for hydroxylation is 1. The molecule has 3 rings (SSSR count). The number of piperidine rings is 1. The maximum Gasteiger partial charge on any atom is 0.246 e. The SMILES string of the molecule is Cc1ccc(/C=C/C(=O)N2CC[C@@]3(O)CCCC[C@@H]3C2)cc1. The summed E-state index contributed by atoms with van der Waals surface area (Å²) in [5.74, 6) is 0.319. The largest absolute Gasteiger partial charge is 0.389 e. The number of aliphatic hydroxyl groups is 1. The summed E-state index contributed by atoms with van der Waals surface area (Å²) in [6, 6.07) is 8.14. The molecule has 2 fully saturated rings. The van der Waals surface area contributed by atoms with Crippen LogP contribution in [0.3, 0.4) is 0 Å². The van der Waals surface area contributed by atoms with E-state index >= 15 is 0 Å². The minimum atomic E-state index is -0.518. The maximum absolute atomic E-state index is 12.4. The number of nitrogens with zero attached hydrogens (tertiary/aromatic N) is 1. The molecule has 2 atom stereocenters. The van der Waals surface area contributed by atoms with E-state index in [-0.39, 0.29) is 11.8 Å². The van der Waals surface area contributed by atoms with Crippen LogP contribution in [0.15, 0.2) is 30.3 Å².